The third-order valence-corrected chi connectivity index (χ3v) is 3.87. The van der Waals surface area contributed by atoms with Gasteiger partial charge in [-0.15, -0.1) is 0 Å². The lowest BCUT2D eigenvalue weighted by molar-refractivity contribution is 0.563. The third-order valence-electron chi connectivity index (χ3n) is 3.70. The second-order valence-electron chi connectivity index (χ2n) is 5.52. The molecule has 0 radical (unpaired) electrons. The minimum absolute atomic E-state index is 0.251. The second kappa shape index (κ2) is 5.49. The number of hydrogen-bond donors (Lipinski definition) is 2. The zero-order chi connectivity index (χ0) is 13.2. The number of hydrogen-bond acceptors (Lipinski definition) is 5. The first kappa shape index (κ1) is 12.9. The summed E-state index contributed by atoms with van der Waals surface area (Å²) in [5, 5.41) is 6.88. The van der Waals surface area contributed by atoms with Crippen LogP contribution in [0.1, 0.15) is 39.0 Å². The van der Waals surface area contributed by atoms with Crippen LogP contribution >= 0.6 is 11.6 Å². The summed E-state index contributed by atoms with van der Waals surface area (Å²) in [6.07, 6.45) is 6.34. The summed E-state index contributed by atoms with van der Waals surface area (Å²) in [6.45, 7) is 2.94. The molecule has 2 saturated carbocycles. The van der Waals surface area contributed by atoms with E-state index >= 15 is 0 Å². The van der Waals surface area contributed by atoms with Crippen LogP contribution in [-0.4, -0.2) is 27.5 Å². The molecule has 19 heavy (non-hydrogen) atoms. The van der Waals surface area contributed by atoms with Crippen molar-refractivity contribution in [2.75, 3.05) is 17.2 Å². The van der Waals surface area contributed by atoms with Gasteiger partial charge in [0.1, 0.15) is 0 Å². The average molecular weight is 282 g/mol. The Bertz CT molecular complexity index is 433. The molecule has 0 amide bonds. The van der Waals surface area contributed by atoms with Gasteiger partial charge in [0.15, 0.2) is 0 Å². The van der Waals surface area contributed by atoms with Crippen molar-refractivity contribution in [3.8, 4) is 0 Å². The Hall–Kier alpha value is -1.10. The number of halogens is 1. The van der Waals surface area contributed by atoms with Crippen molar-refractivity contribution in [3.63, 3.8) is 0 Å². The quantitative estimate of drug-likeness (QED) is 0.804. The minimum atomic E-state index is 0.251. The topological polar surface area (TPSA) is 62.7 Å². The second-order valence-corrected chi connectivity index (χ2v) is 5.86. The molecule has 1 heterocycles. The Morgan fingerprint density at radius 1 is 1.11 bits per heavy atom. The number of nitrogens with one attached hydrogen (secondary N) is 2. The van der Waals surface area contributed by atoms with E-state index in [1.54, 1.807) is 0 Å². The van der Waals surface area contributed by atoms with Gasteiger partial charge in [-0.3, -0.25) is 0 Å². The predicted molar refractivity (Wildman–Crippen MR) is 76.5 cm³/mol. The van der Waals surface area contributed by atoms with Crippen molar-refractivity contribution in [3.05, 3.63) is 5.28 Å². The van der Waals surface area contributed by atoms with Gasteiger partial charge in [-0.1, -0.05) is 6.92 Å². The molecule has 0 unspecified atom stereocenters. The van der Waals surface area contributed by atoms with Gasteiger partial charge in [0.05, 0.1) is 0 Å². The lowest BCUT2D eigenvalue weighted by Crippen LogP contribution is -2.26. The monoisotopic (exact) mass is 281 g/mol. The van der Waals surface area contributed by atoms with Gasteiger partial charge in [-0.25, -0.2) is 0 Å². The summed E-state index contributed by atoms with van der Waals surface area (Å²) >= 11 is 5.96. The van der Waals surface area contributed by atoms with Gasteiger partial charge >= 0.3 is 0 Å². The van der Waals surface area contributed by atoms with Crippen molar-refractivity contribution in [2.45, 2.75) is 45.1 Å². The molecule has 2 fully saturated rings. The fourth-order valence-electron chi connectivity index (χ4n) is 2.41. The van der Waals surface area contributed by atoms with Gasteiger partial charge in [-0.05, 0) is 55.5 Å². The largest absolute Gasteiger partial charge is 0.354 e. The Morgan fingerprint density at radius 2 is 1.74 bits per heavy atom. The van der Waals surface area contributed by atoms with Crippen LogP contribution < -0.4 is 10.6 Å². The van der Waals surface area contributed by atoms with Crippen molar-refractivity contribution >= 4 is 23.5 Å². The van der Waals surface area contributed by atoms with Gasteiger partial charge in [-0.2, -0.15) is 15.0 Å². The molecular formula is C13H20ClN5. The summed E-state index contributed by atoms with van der Waals surface area (Å²) in [4.78, 5) is 12.7. The summed E-state index contributed by atoms with van der Waals surface area (Å²) in [5.74, 6) is 2.78. The van der Waals surface area contributed by atoms with Crippen LogP contribution in [0.2, 0.25) is 5.28 Å². The minimum Gasteiger partial charge on any atom is -0.354 e. The normalized spacial score (nSPS) is 18.7. The number of rotatable bonds is 7. The van der Waals surface area contributed by atoms with Crippen LogP contribution in [0.4, 0.5) is 11.9 Å². The Labute approximate surface area is 118 Å². The molecule has 5 nitrogen and oxygen atoms in total. The van der Waals surface area contributed by atoms with Gasteiger partial charge in [0.25, 0.3) is 0 Å². The van der Waals surface area contributed by atoms with Crippen LogP contribution in [0.25, 0.3) is 0 Å². The SMILES string of the molecule is CCCNc1nc(Cl)nc(NC(C2CC2)C2CC2)n1. The van der Waals surface area contributed by atoms with E-state index in [-0.39, 0.29) is 5.28 Å². The lowest BCUT2D eigenvalue weighted by atomic mass is 10.1. The van der Waals surface area contributed by atoms with Crippen molar-refractivity contribution in [1.82, 2.24) is 15.0 Å². The molecule has 0 atom stereocenters. The predicted octanol–water partition coefficient (Wildman–Crippen LogP) is 2.95. The number of anilines is 2. The smallest absolute Gasteiger partial charge is 0.229 e. The molecule has 1 aromatic rings. The van der Waals surface area contributed by atoms with Crippen molar-refractivity contribution in [2.24, 2.45) is 11.8 Å². The first-order valence-electron chi connectivity index (χ1n) is 7.18. The van der Waals surface area contributed by atoms with Crippen molar-refractivity contribution in [1.29, 1.82) is 0 Å². The molecule has 2 aliphatic carbocycles. The van der Waals surface area contributed by atoms with Crippen LogP contribution in [-0.2, 0) is 0 Å². The van der Waals surface area contributed by atoms with E-state index < -0.39 is 0 Å². The fourth-order valence-corrected chi connectivity index (χ4v) is 2.57. The van der Waals surface area contributed by atoms with Crippen LogP contribution in [0, 0.1) is 11.8 Å². The highest BCUT2D eigenvalue weighted by Gasteiger charge is 2.41. The Kier molecular flexibility index (Phi) is 3.73. The maximum Gasteiger partial charge on any atom is 0.229 e. The maximum atomic E-state index is 5.96. The molecule has 3 rings (SSSR count). The highest BCUT2D eigenvalue weighted by Crippen LogP contribution is 2.45. The summed E-state index contributed by atoms with van der Waals surface area (Å²) in [7, 11) is 0. The highest BCUT2D eigenvalue weighted by atomic mass is 35.5. The van der Waals surface area contributed by atoms with Crippen LogP contribution in [0.15, 0.2) is 0 Å². The molecule has 0 saturated heterocycles. The molecule has 0 aromatic carbocycles. The number of aromatic nitrogens is 3. The summed E-state index contributed by atoms with van der Waals surface area (Å²) in [5.41, 5.74) is 0. The summed E-state index contributed by atoms with van der Waals surface area (Å²) < 4.78 is 0. The van der Waals surface area contributed by atoms with Gasteiger partial charge in [0, 0.05) is 12.6 Å². The van der Waals surface area contributed by atoms with Crippen LogP contribution in [0.5, 0.6) is 0 Å². The molecule has 1 aromatic heterocycles. The van der Waals surface area contributed by atoms with E-state index in [4.69, 9.17) is 11.6 Å². The molecule has 0 aliphatic heterocycles. The Morgan fingerprint density at radius 3 is 2.32 bits per heavy atom. The van der Waals surface area contributed by atoms with E-state index in [9.17, 15) is 0 Å². The van der Waals surface area contributed by atoms with Crippen LogP contribution in [0.3, 0.4) is 0 Å². The van der Waals surface area contributed by atoms with E-state index in [1.165, 1.54) is 25.7 Å². The average Bonchev–Trinajstić information content (AvgIpc) is 3.27. The van der Waals surface area contributed by atoms with Gasteiger partial charge in [0.2, 0.25) is 17.2 Å². The molecule has 6 heteroatoms. The molecule has 2 N–H and O–H groups in total. The maximum absolute atomic E-state index is 5.96. The number of nitrogens with zero attached hydrogens (tertiary/aromatic N) is 3. The molecule has 104 valence electrons. The van der Waals surface area contributed by atoms with Crippen molar-refractivity contribution < 1.29 is 0 Å². The van der Waals surface area contributed by atoms with E-state index in [2.05, 4.69) is 32.5 Å². The third kappa shape index (κ3) is 3.47. The van der Waals surface area contributed by atoms with E-state index in [0.29, 0.717) is 17.9 Å². The lowest BCUT2D eigenvalue weighted by Gasteiger charge is -2.17. The standard InChI is InChI=1S/C13H20ClN5/c1-2-7-15-12-17-11(14)18-13(19-12)16-10(8-3-4-8)9-5-6-9/h8-10H,2-7H2,1H3,(H2,15,16,17,18,19). The fraction of sp³-hybridized carbons (Fsp3) is 0.769. The molecule has 0 spiro atoms. The molecule has 2 aliphatic rings. The van der Waals surface area contributed by atoms with E-state index in [0.717, 1.165) is 24.8 Å². The first-order chi connectivity index (χ1) is 9.26. The zero-order valence-electron chi connectivity index (χ0n) is 11.2. The highest BCUT2D eigenvalue weighted by molar-refractivity contribution is 6.28. The summed E-state index contributed by atoms with van der Waals surface area (Å²) in [6, 6.07) is 0.525. The zero-order valence-corrected chi connectivity index (χ0v) is 12.0. The van der Waals surface area contributed by atoms with Gasteiger partial charge < -0.3 is 10.6 Å². The van der Waals surface area contributed by atoms with E-state index in [1.807, 2.05) is 0 Å². The molecular weight excluding hydrogens is 262 g/mol. The molecule has 0 bridgehead atoms. The first-order valence-corrected chi connectivity index (χ1v) is 7.56. The Balaban J connectivity index is 1.69.